The van der Waals surface area contributed by atoms with Gasteiger partial charge < -0.3 is 46.2 Å². The van der Waals surface area contributed by atoms with Gasteiger partial charge in [0.25, 0.3) is 0 Å². The molecule has 318 valence electrons. The number of hydrogen-bond donors (Lipinski definition) is 7. The molecule has 3 aliphatic rings. The zero-order chi connectivity index (χ0) is 41.6. The van der Waals surface area contributed by atoms with Gasteiger partial charge in [-0.1, -0.05) is 60.7 Å². The second-order valence-electron chi connectivity index (χ2n) is 16.6. The molecule has 3 saturated heterocycles. The summed E-state index contributed by atoms with van der Waals surface area (Å²) in [7, 11) is 0. The highest BCUT2D eigenvalue weighted by Crippen LogP contribution is 2.27. The first-order valence-corrected chi connectivity index (χ1v) is 21.3. The summed E-state index contributed by atoms with van der Waals surface area (Å²) in [5, 5.41) is 42.8. The maximum absolute atomic E-state index is 13.8. The predicted molar refractivity (Wildman–Crippen MR) is 225 cm³/mol. The molecule has 0 unspecified atom stereocenters. The molecule has 3 aromatic carbocycles. The number of carboxylic acids is 3. The SMILES string of the molecule is O=C(O)[C@@H](Cc1cccc(CCNC(=O)N(CCOc2cccc(C[C@H](C(=O)O)[C@H]3CCNC3)c2)CCc2cccc(C[C@H](C(=O)O)[C@H]3CCNC3)c2)c1)[C@H]1CCNC1. The van der Waals surface area contributed by atoms with E-state index in [-0.39, 0.29) is 30.4 Å². The van der Waals surface area contributed by atoms with E-state index in [1.807, 2.05) is 72.8 Å². The van der Waals surface area contributed by atoms with Crippen molar-refractivity contribution in [1.29, 1.82) is 0 Å². The number of urea groups is 1. The summed E-state index contributed by atoms with van der Waals surface area (Å²) in [6, 6.07) is 23.2. The lowest BCUT2D eigenvalue weighted by molar-refractivity contribution is -0.144. The summed E-state index contributed by atoms with van der Waals surface area (Å²) in [4.78, 5) is 51.9. The van der Waals surface area contributed by atoms with Crippen LogP contribution in [0, 0.1) is 35.5 Å². The van der Waals surface area contributed by atoms with Crippen LogP contribution < -0.4 is 26.0 Å². The number of amides is 2. The van der Waals surface area contributed by atoms with Crippen molar-refractivity contribution in [2.24, 2.45) is 35.5 Å². The van der Waals surface area contributed by atoms with Gasteiger partial charge in [-0.2, -0.15) is 0 Å². The number of rotatable bonds is 22. The summed E-state index contributed by atoms with van der Waals surface area (Å²) in [5.41, 5.74) is 4.86. The van der Waals surface area contributed by atoms with Crippen molar-refractivity contribution in [1.82, 2.24) is 26.2 Å². The second-order valence-corrected chi connectivity index (χ2v) is 16.6. The Bertz CT molecular complexity index is 1860. The standard InChI is InChI=1S/C46H61N5O8/c52-43(53)40(36-11-15-47-28-36)25-33-6-1-4-31(22-33)10-18-50-46(58)51(19-14-32-5-2-7-34(23-32)26-41(44(54)55)37-12-16-48-29-37)20-21-59-39-9-3-8-35(24-39)27-42(45(56)57)38-13-17-49-30-38/h1-9,22-24,36-38,40-42,47-49H,10-21,25-30H2,(H,50,58)(H,52,53)(H,54,55)(H,56,57)/t36-,37-,38-,40-,41-,42-/m0/s1. The number of hydrogen-bond acceptors (Lipinski definition) is 8. The molecule has 0 aromatic heterocycles. The highest BCUT2D eigenvalue weighted by molar-refractivity contribution is 5.74. The number of carboxylic acid groups (broad SMARTS) is 3. The minimum Gasteiger partial charge on any atom is -0.492 e. The Kier molecular flexibility index (Phi) is 16.2. The highest BCUT2D eigenvalue weighted by Gasteiger charge is 2.33. The van der Waals surface area contributed by atoms with Crippen molar-refractivity contribution < 1.29 is 39.2 Å². The van der Waals surface area contributed by atoms with Crippen molar-refractivity contribution in [3.8, 4) is 5.75 Å². The van der Waals surface area contributed by atoms with Crippen molar-refractivity contribution in [2.75, 3.05) is 65.5 Å². The van der Waals surface area contributed by atoms with Crippen LogP contribution in [0.1, 0.15) is 47.1 Å². The van der Waals surface area contributed by atoms with E-state index in [0.717, 1.165) is 73.3 Å². The van der Waals surface area contributed by atoms with Crippen LogP contribution in [0.4, 0.5) is 4.79 Å². The summed E-state index contributed by atoms with van der Waals surface area (Å²) in [6.45, 7) is 5.97. The average Bonchev–Trinajstić information content (AvgIpc) is 4.05. The van der Waals surface area contributed by atoms with E-state index in [1.165, 1.54) is 0 Å². The van der Waals surface area contributed by atoms with E-state index in [2.05, 4.69) is 21.3 Å². The number of carbonyl (C=O) groups is 4. The Hall–Kier alpha value is -4.98. The van der Waals surface area contributed by atoms with E-state index in [1.54, 1.807) is 4.90 Å². The normalized spacial score (nSPS) is 20.4. The van der Waals surface area contributed by atoms with Gasteiger partial charge in [0.15, 0.2) is 0 Å². The minimum absolute atomic E-state index is 0.0839. The summed E-state index contributed by atoms with van der Waals surface area (Å²) >= 11 is 0. The molecule has 13 nitrogen and oxygen atoms in total. The molecule has 3 aliphatic heterocycles. The predicted octanol–water partition coefficient (Wildman–Crippen LogP) is 4.12. The van der Waals surface area contributed by atoms with Gasteiger partial charge in [-0.3, -0.25) is 14.4 Å². The van der Waals surface area contributed by atoms with Gasteiger partial charge in [0.2, 0.25) is 0 Å². The molecule has 0 aliphatic carbocycles. The van der Waals surface area contributed by atoms with Crippen molar-refractivity contribution in [3.05, 3.63) is 101 Å². The lowest BCUT2D eigenvalue weighted by atomic mass is 9.86. The fourth-order valence-corrected chi connectivity index (χ4v) is 9.05. The van der Waals surface area contributed by atoms with E-state index in [0.29, 0.717) is 70.6 Å². The number of benzene rings is 3. The van der Waals surface area contributed by atoms with Crippen LogP contribution in [0.3, 0.4) is 0 Å². The Balaban J connectivity index is 1.08. The fraction of sp³-hybridized carbons (Fsp3) is 0.522. The molecular formula is C46H61N5O8. The van der Waals surface area contributed by atoms with Gasteiger partial charge in [0.05, 0.1) is 24.3 Å². The second kappa shape index (κ2) is 21.9. The third-order valence-corrected chi connectivity index (χ3v) is 12.5. The number of nitrogens with zero attached hydrogens (tertiary/aromatic N) is 1. The first-order chi connectivity index (χ1) is 28.6. The largest absolute Gasteiger partial charge is 0.492 e. The third-order valence-electron chi connectivity index (χ3n) is 12.5. The van der Waals surface area contributed by atoms with Crippen LogP contribution in [-0.4, -0.2) is 110 Å². The summed E-state index contributed by atoms with van der Waals surface area (Å²) in [5.74, 6) is -2.82. The molecule has 0 saturated carbocycles. The number of aliphatic carboxylic acids is 3. The Morgan fingerprint density at radius 1 is 0.610 bits per heavy atom. The van der Waals surface area contributed by atoms with Gasteiger partial charge in [-0.25, -0.2) is 4.79 Å². The molecule has 59 heavy (non-hydrogen) atoms. The number of ether oxygens (including phenoxy) is 1. The first-order valence-electron chi connectivity index (χ1n) is 21.3. The van der Waals surface area contributed by atoms with E-state index in [4.69, 9.17) is 4.74 Å². The van der Waals surface area contributed by atoms with Crippen LogP contribution in [0.15, 0.2) is 72.8 Å². The topological polar surface area (TPSA) is 190 Å². The molecule has 13 heteroatoms. The first kappa shape index (κ1) is 43.6. The maximum atomic E-state index is 13.8. The molecule has 0 radical (unpaired) electrons. The maximum Gasteiger partial charge on any atom is 0.317 e. The molecular weight excluding hydrogens is 751 g/mol. The zero-order valence-corrected chi connectivity index (χ0v) is 34.0. The highest BCUT2D eigenvalue weighted by atomic mass is 16.5. The Morgan fingerprint density at radius 2 is 1.05 bits per heavy atom. The monoisotopic (exact) mass is 811 g/mol. The van der Waals surface area contributed by atoms with Crippen LogP contribution in [-0.2, 0) is 46.5 Å². The van der Waals surface area contributed by atoms with Crippen molar-refractivity contribution >= 4 is 23.9 Å². The van der Waals surface area contributed by atoms with Crippen molar-refractivity contribution in [2.45, 2.75) is 51.4 Å². The van der Waals surface area contributed by atoms with Gasteiger partial charge in [0, 0.05) is 13.1 Å². The van der Waals surface area contributed by atoms with Crippen LogP contribution >= 0.6 is 0 Å². The fourth-order valence-electron chi connectivity index (χ4n) is 9.05. The molecule has 0 bridgehead atoms. The lowest BCUT2D eigenvalue weighted by Gasteiger charge is -2.24. The average molecular weight is 812 g/mol. The number of nitrogens with one attached hydrogen (secondary N) is 4. The molecule has 6 rings (SSSR count). The van der Waals surface area contributed by atoms with Crippen molar-refractivity contribution in [3.63, 3.8) is 0 Å². The van der Waals surface area contributed by atoms with E-state index in [9.17, 15) is 34.5 Å². The van der Waals surface area contributed by atoms with E-state index < -0.39 is 35.7 Å². The molecule has 7 N–H and O–H groups in total. The minimum atomic E-state index is -0.790. The van der Waals surface area contributed by atoms with E-state index >= 15 is 0 Å². The van der Waals surface area contributed by atoms with Crippen LogP contribution in [0.25, 0.3) is 0 Å². The van der Waals surface area contributed by atoms with Gasteiger partial charge >= 0.3 is 23.9 Å². The van der Waals surface area contributed by atoms with Crippen LogP contribution in [0.2, 0.25) is 0 Å². The Morgan fingerprint density at radius 3 is 1.51 bits per heavy atom. The van der Waals surface area contributed by atoms with Gasteiger partial charge in [-0.15, -0.1) is 0 Å². The molecule has 2 amide bonds. The smallest absolute Gasteiger partial charge is 0.317 e. The zero-order valence-electron chi connectivity index (χ0n) is 34.0. The molecule has 3 aromatic rings. The molecule has 6 atom stereocenters. The number of carbonyl (C=O) groups excluding carboxylic acids is 1. The molecule has 3 heterocycles. The van der Waals surface area contributed by atoms with Crippen LogP contribution in [0.5, 0.6) is 5.75 Å². The quantitative estimate of drug-likeness (QED) is 0.0774. The summed E-state index contributed by atoms with van der Waals surface area (Å²) < 4.78 is 6.17. The van der Waals surface area contributed by atoms with Gasteiger partial charge in [-0.05, 0) is 148 Å². The summed E-state index contributed by atoms with van der Waals surface area (Å²) in [6.07, 6.45) is 5.03. The lowest BCUT2D eigenvalue weighted by Crippen LogP contribution is -2.43. The van der Waals surface area contributed by atoms with Gasteiger partial charge in [0.1, 0.15) is 12.4 Å². The Labute approximate surface area is 347 Å². The molecule has 3 fully saturated rings. The molecule has 0 spiro atoms. The third kappa shape index (κ3) is 13.0.